The van der Waals surface area contributed by atoms with Crippen molar-refractivity contribution in [2.75, 3.05) is 11.1 Å². The molecule has 106 valence electrons. The van der Waals surface area contributed by atoms with E-state index in [0.29, 0.717) is 17.1 Å². The third kappa shape index (κ3) is 2.60. The molecule has 2 aromatic carbocycles. The van der Waals surface area contributed by atoms with Gasteiger partial charge in [0, 0.05) is 23.2 Å². The fourth-order valence-electron chi connectivity index (χ4n) is 2.10. The minimum Gasteiger partial charge on any atom is -0.397 e. The molecule has 1 aromatic heterocycles. The van der Waals surface area contributed by atoms with Crippen molar-refractivity contribution in [1.82, 2.24) is 4.98 Å². The second-order valence-electron chi connectivity index (χ2n) is 4.49. The lowest BCUT2D eigenvalue weighted by molar-refractivity contribution is 0.628. The Morgan fingerprint density at radius 2 is 1.81 bits per heavy atom. The van der Waals surface area contributed by atoms with Crippen LogP contribution in [0.5, 0.6) is 0 Å². The summed E-state index contributed by atoms with van der Waals surface area (Å²) in [7, 11) is 0. The van der Waals surface area contributed by atoms with Crippen LogP contribution in [0.15, 0.2) is 42.7 Å². The van der Waals surface area contributed by atoms with Crippen LogP contribution >= 0.6 is 23.2 Å². The average Bonchev–Trinajstić information content (AvgIpc) is 2.45. The Balaban J connectivity index is 2.09. The number of hydrogen-bond donors (Lipinski definition) is 2. The van der Waals surface area contributed by atoms with Gasteiger partial charge in [0.05, 0.1) is 27.1 Å². The maximum atomic E-state index is 13.2. The molecule has 0 fully saturated rings. The first-order valence-electron chi connectivity index (χ1n) is 6.10. The van der Waals surface area contributed by atoms with Gasteiger partial charge < -0.3 is 11.1 Å². The Kier molecular flexibility index (Phi) is 3.57. The number of fused-ring (bicyclic) bond motifs is 1. The highest BCUT2D eigenvalue weighted by molar-refractivity contribution is 6.39. The Morgan fingerprint density at radius 3 is 2.52 bits per heavy atom. The summed E-state index contributed by atoms with van der Waals surface area (Å²) in [6.45, 7) is 0. The van der Waals surface area contributed by atoms with Gasteiger partial charge in [-0.3, -0.25) is 4.98 Å². The predicted molar refractivity (Wildman–Crippen MR) is 85.9 cm³/mol. The Bertz CT molecular complexity index is 813. The Hall–Kier alpha value is -2.04. The monoisotopic (exact) mass is 321 g/mol. The summed E-state index contributed by atoms with van der Waals surface area (Å²) >= 11 is 12.0. The van der Waals surface area contributed by atoms with Crippen molar-refractivity contribution in [3.05, 3.63) is 58.6 Å². The molecule has 3 nitrogen and oxygen atoms in total. The standard InChI is InChI=1S/C15H10Cl2FN3/c16-11-5-9(18)6-12(17)15(11)21-13-2-1-8-7-20-4-3-10(8)14(13)19/h1-7,21H,19H2. The van der Waals surface area contributed by atoms with Gasteiger partial charge in [0.25, 0.3) is 0 Å². The number of hydrogen-bond acceptors (Lipinski definition) is 3. The van der Waals surface area contributed by atoms with Gasteiger partial charge in [-0.2, -0.15) is 0 Å². The van der Waals surface area contributed by atoms with Crippen LogP contribution in [0, 0.1) is 5.82 Å². The Labute approximate surface area is 130 Å². The number of nitrogens with zero attached hydrogens (tertiary/aromatic N) is 1. The summed E-state index contributed by atoms with van der Waals surface area (Å²) in [6.07, 6.45) is 3.40. The maximum Gasteiger partial charge on any atom is 0.126 e. The zero-order valence-electron chi connectivity index (χ0n) is 10.7. The number of halogens is 3. The van der Waals surface area contributed by atoms with Crippen molar-refractivity contribution >= 4 is 51.0 Å². The SMILES string of the molecule is Nc1c(Nc2c(Cl)cc(F)cc2Cl)ccc2cnccc12. The summed E-state index contributed by atoms with van der Waals surface area (Å²) in [6, 6.07) is 7.89. The van der Waals surface area contributed by atoms with E-state index in [4.69, 9.17) is 28.9 Å². The van der Waals surface area contributed by atoms with Crippen LogP contribution in [0.2, 0.25) is 10.0 Å². The van der Waals surface area contributed by atoms with Crippen LogP contribution in [-0.4, -0.2) is 4.98 Å². The molecule has 0 bridgehead atoms. The molecule has 3 rings (SSSR count). The molecule has 0 saturated carbocycles. The van der Waals surface area contributed by atoms with Gasteiger partial charge in [-0.15, -0.1) is 0 Å². The number of aromatic nitrogens is 1. The quantitative estimate of drug-likeness (QED) is 0.652. The van der Waals surface area contributed by atoms with Crippen LogP contribution in [0.4, 0.5) is 21.5 Å². The fourth-order valence-corrected chi connectivity index (χ4v) is 2.65. The molecule has 0 atom stereocenters. The first-order chi connectivity index (χ1) is 10.1. The van der Waals surface area contributed by atoms with Crippen molar-refractivity contribution in [3.8, 4) is 0 Å². The van der Waals surface area contributed by atoms with E-state index in [9.17, 15) is 4.39 Å². The van der Waals surface area contributed by atoms with E-state index in [2.05, 4.69) is 10.3 Å². The topological polar surface area (TPSA) is 50.9 Å². The van der Waals surface area contributed by atoms with Crippen molar-refractivity contribution in [2.45, 2.75) is 0 Å². The van der Waals surface area contributed by atoms with E-state index < -0.39 is 5.82 Å². The minimum atomic E-state index is -0.492. The lowest BCUT2D eigenvalue weighted by Gasteiger charge is -2.14. The third-order valence-electron chi connectivity index (χ3n) is 3.13. The molecule has 3 aromatic rings. The highest BCUT2D eigenvalue weighted by atomic mass is 35.5. The zero-order chi connectivity index (χ0) is 15.0. The van der Waals surface area contributed by atoms with Gasteiger partial charge in [0.1, 0.15) is 5.82 Å². The molecule has 1 heterocycles. The summed E-state index contributed by atoms with van der Waals surface area (Å²) in [5.74, 6) is -0.492. The number of nitrogens with two attached hydrogens (primary N) is 1. The van der Waals surface area contributed by atoms with Gasteiger partial charge in [-0.1, -0.05) is 29.3 Å². The predicted octanol–water partition coefficient (Wildman–Crippen LogP) is 5.01. The minimum absolute atomic E-state index is 0.189. The molecular weight excluding hydrogens is 312 g/mol. The van der Waals surface area contributed by atoms with Crippen LogP contribution < -0.4 is 11.1 Å². The summed E-state index contributed by atoms with van der Waals surface area (Å²) in [4.78, 5) is 4.05. The highest BCUT2D eigenvalue weighted by Crippen LogP contribution is 2.37. The first kappa shape index (κ1) is 13.9. The summed E-state index contributed by atoms with van der Waals surface area (Å²) in [5, 5.41) is 5.22. The van der Waals surface area contributed by atoms with Crippen molar-refractivity contribution in [2.24, 2.45) is 0 Å². The normalized spacial score (nSPS) is 10.8. The molecule has 0 aliphatic carbocycles. The van der Waals surface area contributed by atoms with E-state index in [1.165, 1.54) is 12.1 Å². The lowest BCUT2D eigenvalue weighted by Crippen LogP contribution is -1.99. The first-order valence-corrected chi connectivity index (χ1v) is 6.85. The van der Waals surface area contributed by atoms with Crippen LogP contribution in [0.1, 0.15) is 0 Å². The Morgan fingerprint density at radius 1 is 1.10 bits per heavy atom. The second-order valence-corrected chi connectivity index (χ2v) is 5.31. The summed E-state index contributed by atoms with van der Waals surface area (Å²) in [5.41, 5.74) is 7.75. The van der Waals surface area contributed by atoms with Gasteiger partial charge in [-0.05, 0) is 24.3 Å². The molecule has 0 radical (unpaired) electrons. The lowest BCUT2D eigenvalue weighted by atomic mass is 10.1. The van der Waals surface area contributed by atoms with Crippen LogP contribution in [-0.2, 0) is 0 Å². The number of nitrogen functional groups attached to an aromatic ring is 1. The second kappa shape index (κ2) is 5.39. The summed E-state index contributed by atoms with van der Waals surface area (Å²) < 4.78 is 13.2. The smallest absolute Gasteiger partial charge is 0.126 e. The van der Waals surface area contributed by atoms with Gasteiger partial charge >= 0.3 is 0 Å². The number of rotatable bonds is 2. The molecule has 21 heavy (non-hydrogen) atoms. The van der Waals surface area contributed by atoms with E-state index in [-0.39, 0.29) is 10.0 Å². The van der Waals surface area contributed by atoms with Crippen molar-refractivity contribution < 1.29 is 4.39 Å². The van der Waals surface area contributed by atoms with Gasteiger partial charge in [0.15, 0.2) is 0 Å². The average molecular weight is 322 g/mol. The van der Waals surface area contributed by atoms with E-state index >= 15 is 0 Å². The maximum absolute atomic E-state index is 13.2. The van der Waals surface area contributed by atoms with Gasteiger partial charge in [0.2, 0.25) is 0 Å². The van der Waals surface area contributed by atoms with E-state index in [0.717, 1.165) is 10.8 Å². The molecule has 0 aliphatic heterocycles. The van der Waals surface area contributed by atoms with Crippen molar-refractivity contribution in [3.63, 3.8) is 0 Å². The third-order valence-corrected chi connectivity index (χ3v) is 3.72. The van der Waals surface area contributed by atoms with Crippen LogP contribution in [0.25, 0.3) is 10.8 Å². The molecule has 6 heteroatoms. The highest BCUT2D eigenvalue weighted by Gasteiger charge is 2.11. The largest absolute Gasteiger partial charge is 0.397 e. The molecule has 0 spiro atoms. The molecule has 0 amide bonds. The molecular formula is C15H10Cl2FN3. The zero-order valence-corrected chi connectivity index (χ0v) is 12.2. The number of nitrogens with one attached hydrogen (secondary N) is 1. The van der Waals surface area contributed by atoms with E-state index in [1.54, 1.807) is 18.5 Å². The molecule has 0 saturated heterocycles. The number of pyridine rings is 1. The number of anilines is 3. The van der Waals surface area contributed by atoms with Crippen molar-refractivity contribution in [1.29, 1.82) is 0 Å². The van der Waals surface area contributed by atoms with E-state index in [1.807, 2.05) is 12.1 Å². The van der Waals surface area contributed by atoms with Gasteiger partial charge in [-0.25, -0.2) is 4.39 Å². The molecule has 0 aliphatic rings. The fraction of sp³-hybridized carbons (Fsp3) is 0. The molecule has 0 unspecified atom stereocenters. The van der Waals surface area contributed by atoms with Crippen LogP contribution in [0.3, 0.4) is 0 Å². The number of benzene rings is 2. The molecule has 3 N–H and O–H groups in total.